The molecule has 0 fully saturated rings. The number of carbonyl (C=O) groups is 2. The Balaban J connectivity index is 2.29. The number of nitrogens with two attached hydrogens (primary N) is 1. The second-order valence-corrected chi connectivity index (χ2v) is 7.89. The molecule has 1 heterocycles. The number of aromatic nitrogens is 2. The highest BCUT2D eigenvalue weighted by Crippen LogP contribution is 2.19. The van der Waals surface area contributed by atoms with E-state index in [0.717, 1.165) is 12.8 Å². The maximum atomic E-state index is 12.7. The predicted molar refractivity (Wildman–Crippen MR) is 124 cm³/mol. The number of nitrogen functional groups attached to an aromatic ring is 1. The Morgan fingerprint density at radius 3 is 2.44 bits per heavy atom. The lowest BCUT2D eigenvalue weighted by molar-refractivity contribution is -0.115. The standard InChI is InChI=1S/C22H31N5O5/c1-5-6-11-27-19(23)18(20(29)25-22(27)31)26(12-14(2)3)13-17(28)24-16-9-7-15(8-10-16)21(30)32-4/h7-10,14H,5-6,11-13,23H2,1-4H3,(H,24,28)(H,25,29,31). The molecule has 0 unspecified atom stereocenters. The van der Waals surface area contributed by atoms with Crippen LogP contribution in [0, 0.1) is 5.92 Å². The van der Waals surface area contributed by atoms with Gasteiger partial charge in [0.05, 0.1) is 19.2 Å². The summed E-state index contributed by atoms with van der Waals surface area (Å²) < 4.78 is 5.99. The lowest BCUT2D eigenvalue weighted by Crippen LogP contribution is -2.43. The van der Waals surface area contributed by atoms with Gasteiger partial charge in [0.1, 0.15) is 11.5 Å². The molecule has 0 radical (unpaired) electrons. The maximum Gasteiger partial charge on any atom is 0.337 e. The van der Waals surface area contributed by atoms with Crippen molar-refractivity contribution in [2.24, 2.45) is 5.92 Å². The fraction of sp³-hybridized carbons (Fsp3) is 0.455. The number of hydrogen-bond acceptors (Lipinski definition) is 7. The van der Waals surface area contributed by atoms with Crippen molar-refractivity contribution in [1.82, 2.24) is 9.55 Å². The van der Waals surface area contributed by atoms with E-state index in [1.807, 2.05) is 20.8 Å². The lowest BCUT2D eigenvalue weighted by atomic mass is 10.2. The number of H-pyrrole nitrogens is 1. The minimum absolute atomic E-state index is 0.0445. The van der Waals surface area contributed by atoms with E-state index in [9.17, 15) is 19.2 Å². The number of benzene rings is 1. The first-order valence-electron chi connectivity index (χ1n) is 10.5. The monoisotopic (exact) mass is 445 g/mol. The summed E-state index contributed by atoms with van der Waals surface area (Å²) in [5.74, 6) is -0.680. The Labute approximate surface area is 186 Å². The van der Waals surface area contributed by atoms with E-state index in [-0.39, 0.29) is 29.9 Å². The smallest absolute Gasteiger partial charge is 0.337 e. The fourth-order valence-corrected chi connectivity index (χ4v) is 3.28. The molecule has 0 spiro atoms. The van der Waals surface area contributed by atoms with Crippen molar-refractivity contribution >= 4 is 29.1 Å². The van der Waals surface area contributed by atoms with Gasteiger partial charge in [-0.1, -0.05) is 27.2 Å². The van der Waals surface area contributed by atoms with Gasteiger partial charge < -0.3 is 20.7 Å². The van der Waals surface area contributed by atoms with E-state index in [2.05, 4.69) is 15.0 Å². The molecule has 1 amide bonds. The summed E-state index contributed by atoms with van der Waals surface area (Å²) in [6, 6.07) is 6.26. The summed E-state index contributed by atoms with van der Waals surface area (Å²) in [4.78, 5) is 53.0. The Morgan fingerprint density at radius 1 is 1.22 bits per heavy atom. The predicted octanol–water partition coefficient (Wildman–Crippen LogP) is 1.81. The van der Waals surface area contributed by atoms with Crippen molar-refractivity contribution in [2.45, 2.75) is 40.2 Å². The summed E-state index contributed by atoms with van der Waals surface area (Å²) in [6.07, 6.45) is 1.58. The van der Waals surface area contributed by atoms with Crippen LogP contribution in [0.3, 0.4) is 0 Å². The number of amides is 1. The number of ether oxygens (including phenoxy) is 1. The number of nitrogens with one attached hydrogen (secondary N) is 2. The van der Waals surface area contributed by atoms with Gasteiger partial charge in [0.25, 0.3) is 5.56 Å². The molecular weight excluding hydrogens is 414 g/mol. The highest BCUT2D eigenvalue weighted by atomic mass is 16.5. The third-order valence-corrected chi connectivity index (χ3v) is 4.78. The van der Waals surface area contributed by atoms with Crippen LogP contribution in [0.2, 0.25) is 0 Å². The third-order valence-electron chi connectivity index (χ3n) is 4.78. The number of unbranched alkanes of at least 4 members (excludes halogenated alkanes) is 1. The first-order valence-corrected chi connectivity index (χ1v) is 10.5. The van der Waals surface area contributed by atoms with E-state index >= 15 is 0 Å². The van der Waals surface area contributed by atoms with Crippen LogP contribution in [0.15, 0.2) is 33.9 Å². The molecule has 2 rings (SSSR count). The van der Waals surface area contributed by atoms with Crippen LogP contribution in [0.4, 0.5) is 17.2 Å². The molecule has 0 aliphatic carbocycles. The van der Waals surface area contributed by atoms with Crippen molar-refractivity contribution in [3.63, 3.8) is 0 Å². The molecular formula is C22H31N5O5. The van der Waals surface area contributed by atoms with Crippen molar-refractivity contribution < 1.29 is 14.3 Å². The largest absolute Gasteiger partial charge is 0.465 e. The first-order chi connectivity index (χ1) is 15.2. The molecule has 1 aromatic heterocycles. The van der Waals surface area contributed by atoms with Crippen LogP contribution in [-0.4, -0.2) is 41.6 Å². The number of esters is 1. The summed E-state index contributed by atoms with van der Waals surface area (Å²) in [5, 5.41) is 2.74. The molecule has 4 N–H and O–H groups in total. The fourth-order valence-electron chi connectivity index (χ4n) is 3.28. The number of carbonyl (C=O) groups excluding carboxylic acids is 2. The minimum atomic E-state index is -0.629. The van der Waals surface area contributed by atoms with Gasteiger partial charge in [-0.3, -0.25) is 19.1 Å². The van der Waals surface area contributed by atoms with E-state index in [1.165, 1.54) is 11.7 Å². The number of aromatic amines is 1. The van der Waals surface area contributed by atoms with Gasteiger partial charge in [-0.25, -0.2) is 9.59 Å². The van der Waals surface area contributed by atoms with E-state index in [4.69, 9.17) is 5.73 Å². The second-order valence-electron chi connectivity index (χ2n) is 7.89. The second kappa shape index (κ2) is 11.2. The molecule has 1 aromatic carbocycles. The summed E-state index contributed by atoms with van der Waals surface area (Å²) in [7, 11) is 1.29. The molecule has 0 atom stereocenters. The molecule has 174 valence electrons. The molecule has 2 aromatic rings. The Hall–Kier alpha value is -3.56. The van der Waals surface area contributed by atoms with Crippen LogP contribution in [0.1, 0.15) is 44.0 Å². The number of rotatable bonds is 10. The molecule has 10 nitrogen and oxygen atoms in total. The average Bonchev–Trinajstić information content (AvgIpc) is 2.72. The summed E-state index contributed by atoms with van der Waals surface area (Å²) >= 11 is 0. The topological polar surface area (TPSA) is 140 Å². The number of methoxy groups -OCH3 is 1. The van der Waals surface area contributed by atoms with Crippen LogP contribution in [0.5, 0.6) is 0 Å². The minimum Gasteiger partial charge on any atom is -0.465 e. The van der Waals surface area contributed by atoms with E-state index < -0.39 is 17.2 Å². The van der Waals surface area contributed by atoms with Crippen molar-refractivity contribution in [2.75, 3.05) is 36.1 Å². The highest BCUT2D eigenvalue weighted by molar-refractivity contribution is 5.95. The van der Waals surface area contributed by atoms with E-state index in [0.29, 0.717) is 24.3 Å². The van der Waals surface area contributed by atoms with Gasteiger partial charge >= 0.3 is 11.7 Å². The zero-order chi connectivity index (χ0) is 23.8. The van der Waals surface area contributed by atoms with Crippen LogP contribution < -0.4 is 27.2 Å². The molecule has 0 bridgehead atoms. The Bertz CT molecular complexity index is 1060. The third kappa shape index (κ3) is 6.22. The lowest BCUT2D eigenvalue weighted by Gasteiger charge is -2.27. The van der Waals surface area contributed by atoms with Crippen molar-refractivity contribution in [3.8, 4) is 0 Å². The molecule has 0 saturated carbocycles. The van der Waals surface area contributed by atoms with Gasteiger partial charge in [0.15, 0.2) is 0 Å². The highest BCUT2D eigenvalue weighted by Gasteiger charge is 2.22. The SMILES string of the molecule is CCCCn1c(N)c(N(CC(=O)Nc2ccc(C(=O)OC)cc2)CC(C)C)c(=O)[nH]c1=O. The Kier molecular flexibility index (Phi) is 8.62. The number of anilines is 3. The maximum absolute atomic E-state index is 12.7. The van der Waals surface area contributed by atoms with Crippen LogP contribution >= 0.6 is 0 Å². The number of nitrogens with zero attached hydrogens (tertiary/aromatic N) is 2. The number of hydrogen-bond donors (Lipinski definition) is 3. The quantitative estimate of drug-likeness (QED) is 0.474. The zero-order valence-corrected chi connectivity index (χ0v) is 18.9. The molecule has 10 heteroatoms. The average molecular weight is 446 g/mol. The van der Waals surface area contributed by atoms with Gasteiger partial charge in [-0.05, 0) is 36.6 Å². The molecule has 0 aliphatic heterocycles. The van der Waals surface area contributed by atoms with Crippen LogP contribution in [-0.2, 0) is 16.1 Å². The Morgan fingerprint density at radius 2 is 1.88 bits per heavy atom. The summed E-state index contributed by atoms with van der Waals surface area (Å²) in [5.41, 5.74) is 5.97. The zero-order valence-electron chi connectivity index (χ0n) is 18.9. The normalized spacial score (nSPS) is 10.8. The van der Waals surface area contributed by atoms with Gasteiger partial charge in [0.2, 0.25) is 5.91 Å². The van der Waals surface area contributed by atoms with Gasteiger partial charge in [-0.15, -0.1) is 0 Å². The molecule has 32 heavy (non-hydrogen) atoms. The van der Waals surface area contributed by atoms with Gasteiger partial charge in [-0.2, -0.15) is 0 Å². The van der Waals surface area contributed by atoms with Gasteiger partial charge in [0, 0.05) is 18.8 Å². The van der Waals surface area contributed by atoms with Crippen molar-refractivity contribution in [1.29, 1.82) is 0 Å². The molecule has 0 aliphatic rings. The molecule has 0 saturated heterocycles. The first kappa shape index (κ1) is 24.7. The summed E-state index contributed by atoms with van der Waals surface area (Å²) in [6.45, 7) is 6.51. The van der Waals surface area contributed by atoms with E-state index in [1.54, 1.807) is 29.2 Å². The van der Waals surface area contributed by atoms with Crippen molar-refractivity contribution in [3.05, 3.63) is 50.7 Å². The van der Waals surface area contributed by atoms with Crippen LogP contribution in [0.25, 0.3) is 0 Å².